The van der Waals surface area contributed by atoms with Gasteiger partial charge in [0.15, 0.2) is 6.20 Å². The second-order valence-corrected chi connectivity index (χ2v) is 12.5. The van der Waals surface area contributed by atoms with Crippen molar-refractivity contribution in [3.8, 4) is 28.5 Å². The summed E-state index contributed by atoms with van der Waals surface area (Å²) in [6.07, 6.45) is 14.7. The van der Waals surface area contributed by atoms with E-state index < -0.39 is 0 Å². The molecule has 7 rings (SSSR count). The van der Waals surface area contributed by atoms with Crippen molar-refractivity contribution in [2.24, 2.45) is 18.9 Å². The van der Waals surface area contributed by atoms with Gasteiger partial charge in [-0.2, -0.15) is 5.26 Å². The third-order valence-electron chi connectivity index (χ3n) is 10.2. The number of hydrogen-bond donors (Lipinski definition) is 0. The van der Waals surface area contributed by atoms with Crippen molar-refractivity contribution >= 4 is 21.9 Å². The van der Waals surface area contributed by atoms with Gasteiger partial charge in [0.25, 0.3) is 0 Å². The fourth-order valence-corrected chi connectivity index (χ4v) is 7.93. The molecule has 0 aliphatic heterocycles. The number of aromatic nitrogens is 1. The number of nitriles is 1. The number of furan rings is 1. The Morgan fingerprint density at radius 1 is 0.732 bits per heavy atom. The van der Waals surface area contributed by atoms with E-state index in [2.05, 4.69) is 79.3 Å². The molecule has 41 heavy (non-hydrogen) atoms. The van der Waals surface area contributed by atoms with Crippen LogP contribution in [0, 0.1) is 30.1 Å². The summed E-state index contributed by atoms with van der Waals surface area (Å²) in [7, 11) is 2.07. The van der Waals surface area contributed by atoms with Crippen LogP contribution in [0.1, 0.15) is 80.4 Å². The first kappa shape index (κ1) is 26.0. The highest BCUT2D eigenvalue weighted by Crippen LogP contribution is 2.45. The second kappa shape index (κ2) is 10.8. The van der Waals surface area contributed by atoms with Gasteiger partial charge in [0.05, 0.1) is 17.2 Å². The van der Waals surface area contributed by atoms with E-state index in [1.54, 1.807) is 0 Å². The Hall–Kier alpha value is -3.90. The average Bonchev–Trinajstić information content (AvgIpc) is 3.40. The van der Waals surface area contributed by atoms with Crippen molar-refractivity contribution in [1.29, 1.82) is 5.26 Å². The highest BCUT2D eigenvalue weighted by atomic mass is 16.3. The molecular weight excluding hydrogens is 500 g/mol. The minimum atomic E-state index is 0.651. The molecule has 0 unspecified atom stereocenters. The Balaban J connectivity index is 1.25. The molecule has 0 atom stereocenters. The van der Waals surface area contributed by atoms with Crippen LogP contribution < -0.4 is 4.57 Å². The van der Waals surface area contributed by atoms with Crippen LogP contribution in [0.3, 0.4) is 0 Å². The van der Waals surface area contributed by atoms with E-state index in [1.807, 2.05) is 18.2 Å². The first-order valence-electron chi connectivity index (χ1n) is 15.6. The average molecular weight is 540 g/mol. The molecule has 2 heterocycles. The summed E-state index contributed by atoms with van der Waals surface area (Å²) in [5.74, 6) is 2.58. The molecule has 3 nitrogen and oxygen atoms in total. The summed E-state index contributed by atoms with van der Waals surface area (Å²) in [5.41, 5.74) is 9.10. The van der Waals surface area contributed by atoms with Gasteiger partial charge in [-0.1, -0.05) is 68.5 Å². The second-order valence-electron chi connectivity index (χ2n) is 12.5. The van der Waals surface area contributed by atoms with E-state index >= 15 is 0 Å². The summed E-state index contributed by atoms with van der Waals surface area (Å²) in [6.45, 7) is 2.14. The van der Waals surface area contributed by atoms with Crippen LogP contribution in [0.15, 0.2) is 77.3 Å². The zero-order chi connectivity index (χ0) is 27.9. The van der Waals surface area contributed by atoms with Crippen LogP contribution in [0.4, 0.5) is 0 Å². The van der Waals surface area contributed by atoms with Gasteiger partial charge in [-0.3, -0.25) is 0 Å². The maximum atomic E-state index is 10.1. The fourth-order valence-electron chi connectivity index (χ4n) is 7.93. The SMILES string of the molecule is Cc1ccc2c(oc3c(-c4ccc(C5CCC(C6CCCCC6)CC5)cc4)c(C#N)ccc32)c1-c1cccc[n+]1C. The van der Waals surface area contributed by atoms with Crippen molar-refractivity contribution in [1.82, 2.24) is 0 Å². The van der Waals surface area contributed by atoms with Crippen LogP contribution in [0.25, 0.3) is 44.3 Å². The van der Waals surface area contributed by atoms with E-state index in [0.717, 1.165) is 56.2 Å². The number of aryl methyl sites for hydroxylation is 2. The van der Waals surface area contributed by atoms with Gasteiger partial charge < -0.3 is 4.42 Å². The van der Waals surface area contributed by atoms with E-state index in [1.165, 1.54) is 68.9 Å². The molecule has 2 aliphatic rings. The Labute approximate surface area is 243 Å². The number of nitrogens with zero attached hydrogens (tertiary/aromatic N) is 2. The van der Waals surface area contributed by atoms with Gasteiger partial charge in [0.2, 0.25) is 5.69 Å². The Morgan fingerprint density at radius 2 is 1.41 bits per heavy atom. The number of rotatable bonds is 4. The fraction of sp³-hybridized carbons (Fsp3) is 0.368. The van der Waals surface area contributed by atoms with Crippen LogP contribution in [0.5, 0.6) is 0 Å². The summed E-state index contributed by atoms with van der Waals surface area (Å²) < 4.78 is 8.89. The van der Waals surface area contributed by atoms with Crippen LogP contribution in [0.2, 0.25) is 0 Å². The summed E-state index contributed by atoms with van der Waals surface area (Å²) >= 11 is 0. The lowest BCUT2D eigenvalue weighted by Gasteiger charge is -2.36. The van der Waals surface area contributed by atoms with Gasteiger partial charge >= 0.3 is 0 Å². The predicted octanol–water partition coefficient (Wildman–Crippen LogP) is 9.78. The summed E-state index contributed by atoms with van der Waals surface area (Å²) in [4.78, 5) is 0. The van der Waals surface area contributed by atoms with Crippen LogP contribution in [-0.2, 0) is 7.05 Å². The van der Waals surface area contributed by atoms with Crippen molar-refractivity contribution in [2.45, 2.75) is 70.6 Å². The molecule has 0 saturated heterocycles. The highest BCUT2D eigenvalue weighted by molar-refractivity contribution is 6.14. The maximum Gasteiger partial charge on any atom is 0.216 e. The smallest absolute Gasteiger partial charge is 0.216 e. The zero-order valence-electron chi connectivity index (χ0n) is 24.3. The Morgan fingerprint density at radius 3 is 2.12 bits per heavy atom. The first-order valence-corrected chi connectivity index (χ1v) is 15.6. The molecule has 5 aromatic rings. The normalized spacial score (nSPS) is 19.9. The van der Waals surface area contributed by atoms with E-state index in [-0.39, 0.29) is 0 Å². The quantitative estimate of drug-likeness (QED) is 0.213. The van der Waals surface area contributed by atoms with Crippen LogP contribution >= 0.6 is 0 Å². The minimum absolute atomic E-state index is 0.651. The van der Waals surface area contributed by atoms with Crippen molar-refractivity contribution in [2.75, 3.05) is 0 Å². The molecule has 3 heteroatoms. The van der Waals surface area contributed by atoms with E-state index in [9.17, 15) is 5.26 Å². The lowest BCUT2D eigenvalue weighted by atomic mass is 9.70. The molecule has 3 aromatic carbocycles. The molecule has 0 spiro atoms. The molecule has 0 N–H and O–H groups in total. The van der Waals surface area contributed by atoms with Crippen molar-refractivity contribution in [3.05, 3.63) is 89.6 Å². The molecule has 2 fully saturated rings. The Kier molecular flexibility index (Phi) is 6.87. The van der Waals surface area contributed by atoms with Gasteiger partial charge in [0.1, 0.15) is 18.2 Å². The van der Waals surface area contributed by atoms with Crippen molar-refractivity contribution in [3.63, 3.8) is 0 Å². The third-order valence-corrected chi connectivity index (χ3v) is 10.2. The molecule has 206 valence electrons. The highest BCUT2D eigenvalue weighted by Gasteiger charge is 2.29. The molecule has 2 saturated carbocycles. The van der Waals surface area contributed by atoms with Crippen LogP contribution in [-0.4, -0.2) is 0 Å². The predicted molar refractivity (Wildman–Crippen MR) is 166 cm³/mol. The number of fused-ring (bicyclic) bond motifs is 3. The standard InChI is InChI=1S/C38H39N2O/c1-25-11-21-32-33-22-20-31(24-39)36(38(33)41-37(32)35(25)34-10-6-7-23-40(34)2)30-18-16-29(17-19-30)28-14-12-27(13-15-28)26-8-4-3-5-9-26/h6-7,10-11,16-23,26-28H,3-5,8-9,12-15H2,1-2H3/q+1. The molecule has 0 radical (unpaired) electrons. The lowest BCUT2D eigenvalue weighted by Crippen LogP contribution is -2.30. The first-order chi connectivity index (χ1) is 20.1. The molecule has 0 bridgehead atoms. The van der Waals surface area contributed by atoms with Gasteiger partial charge in [-0.25, -0.2) is 4.57 Å². The summed E-state index contributed by atoms with van der Waals surface area (Å²) in [5, 5.41) is 12.3. The molecule has 2 aliphatic carbocycles. The Bertz CT molecular complexity index is 1760. The third kappa shape index (κ3) is 4.64. The maximum absolute atomic E-state index is 10.1. The van der Waals surface area contributed by atoms with E-state index in [4.69, 9.17) is 4.42 Å². The molecule has 0 amide bonds. The van der Waals surface area contributed by atoms with E-state index in [0.29, 0.717) is 11.5 Å². The van der Waals surface area contributed by atoms with Gasteiger partial charge in [0, 0.05) is 28.5 Å². The lowest BCUT2D eigenvalue weighted by molar-refractivity contribution is -0.660. The number of hydrogen-bond acceptors (Lipinski definition) is 2. The monoisotopic (exact) mass is 539 g/mol. The number of pyridine rings is 1. The largest absolute Gasteiger partial charge is 0.454 e. The molecular formula is C38H39N2O+. The summed E-state index contributed by atoms with van der Waals surface area (Å²) in [6, 6.07) is 26.1. The van der Waals surface area contributed by atoms with Gasteiger partial charge in [-0.15, -0.1) is 0 Å². The van der Waals surface area contributed by atoms with Gasteiger partial charge in [-0.05, 0) is 85.3 Å². The zero-order valence-corrected chi connectivity index (χ0v) is 24.3. The van der Waals surface area contributed by atoms with Crippen molar-refractivity contribution < 1.29 is 8.98 Å². The minimum Gasteiger partial charge on any atom is -0.454 e. The topological polar surface area (TPSA) is 40.8 Å². The molecule has 2 aromatic heterocycles. The number of benzene rings is 3.